The van der Waals surface area contributed by atoms with E-state index >= 15 is 0 Å². The molecule has 2 aliphatic heterocycles. The lowest BCUT2D eigenvalue weighted by Gasteiger charge is -2.37. The number of fused-ring (bicyclic) bond motifs is 2. The molecule has 2 aliphatic rings. The summed E-state index contributed by atoms with van der Waals surface area (Å²) in [6.45, 7) is 5.97. The molecule has 0 aliphatic carbocycles. The summed E-state index contributed by atoms with van der Waals surface area (Å²) in [5.74, 6) is -0.0639. The molecule has 1 aromatic rings. The molecule has 0 amide bonds. The molecule has 1 N–H and O–H groups in total. The van der Waals surface area contributed by atoms with E-state index in [4.69, 9.17) is 0 Å². The van der Waals surface area contributed by atoms with Gasteiger partial charge in [-0.2, -0.15) is 0 Å². The molecule has 2 nitrogen and oxygen atoms in total. The number of nitrogens with zero attached hydrogens (tertiary/aromatic N) is 1. The Morgan fingerprint density at radius 3 is 2.60 bits per heavy atom. The van der Waals surface area contributed by atoms with Crippen molar-refractivity contribution < 1.29 is 4.39 Å². The van der Waals surface area contributed by atoms with E-state index in [9.17, 15) is 4.39 Å². The second kappa shape index (κ2) is 5.82. The maximum Gasteiger partial charge on any atom is 0.127 e. The minimum absolute atomic E-state index is 0.0639. The van der Waals surface area contributed by atoms with Gasteiger partial charge in [0, 0.05) is 30.2 Å². The maximum atomic E-state index is 14.0. The number of aryl methyl sites for hydroxylation is 1. The Bertz CT molecular complexity index is 462. The molecule has 2 heterocycles. The number of hydrogen-bond acceptors (Lipinski definition) is 2. The standard InChI is InChI=1S/C17H25FN2/c1-3-20(11-13-8-12(2)4-7-17(13)18)16-9-14-5-6-15(10-16)19-14/h4,7-8,14-16,19H,3,5-6,9-11H2,1-2H3. The predicted molar refractivity (Wildman–Crippen MR) is 80.2 cm³/mol. The van der Waals surface area contributed by atoms with E-state index in [0.717, 1.165) is 24.2 Å². The van der Waals surface area contributed by atoms with Crippen LogP contribution in [-0.2, 0) is 6.54 Å². The normalized spacial score (nSPS) is 29.1. The Morgan fingerprint density at radius 2 is 1.95 bits per heavy atom. The SMILES string of the molecule is CCN(Cc1cc(C)ccc1F)C1CC2CCC(C1)N2. The first-order valence-corrected chi connectivity index (χ1v) is 7.91. The van der Waals surface area contributed by atoms with E-state index in [1.165, 1.54) is 25.7 Å². The van der Waals surface area contributed by atoms with Gasteiger partial charge in [0.2, 0.25) is 0 Å². The van der Waals surface area contributed by atoms with Crippen molar-refractivity contribution in [3.63, 3.8) is 0 Å². The zero-order chi connectivity index (χ0) is 14.1. The number of piperidine rings is 1. The lowest BCUT2D eigenvalue weighted by Crippen LogP contribution is -2.48. The van der Waals surface area contributed by atoms with Gasteiger partial charge >= 0.3 is 0 Å². The minimum atomic E-state index is -0.0639. The fraction of sp³-hybridized carbons (Fsp3) is 0.647. The van der Waals surface area contributed by atoms with E-state index in [-0.39, 0.29) is 5.82 Å². The third-order valence-corrected chi connectivity index (χ3v) is 4.95. The Labute approximate surface area is 121 Å². The van der Waals surface area contributed by atoms with Crippen LogP contribution in [-0.4, -0.2) is 29.6 Å². The summed E-state index contributed by atoms with van der Waals surface area (Å²) in [6, 6.07) is 7.43. The van der Waals surface area contributed by atoms with Crippen LogP contribution in [0.5, 0.6) is 0 Å². The van der Waals surface area contributed by atoms with Crippen molar-refractivity contribution in [1.29, 1.82) is 0 Å². The fourth-order valence-corrected chi connectivity index (χ4v) is 3.87. The number of hydrogen-bond donors (Lipinski definition) is 1. The molecule has 3 rings (SSSR count). The highest BCUT2D eigenvalue weighted by Gasteiger charge is 2.35. The quantitative estimate of drug-likeness (QED) is 0.908. The molecule has 20 heavy (non-hydrogen) atoms. The molecule has 0 radical (unpaired) electrons. The molecule has 3 heteroatoms. The Kier molecular flexibility index (Phi) is 4.08. The van der Waals surface area contributed by atoms with Crippen molar-refractivity contribution in [2.24, 2.45) is 0 Å². The van der Waals surface area contributed by atoms with Crippen LogP contribution in [0.15, 0.2) is 18.2 Å². The van der Waals surface area contributed by atoms with Crippen molar-refractivity contribution in [3.05, 3.63) is 35.1 Å². The predicted octanol–water partition coefficient (Wildman–Crippen LogP) is 3.24. The molecule has 2 atom stereocenters. The summed E-state index contributed by atoms with van der Waals surface area (Å²) < 4.78 is 14.0. The Hall–Kier alpha value is -0.930. The number of benzene rings is 1. The van der Waals surface area contributed by atoms with E-state index in [1.54, 1.807) is 6.07 Å². The van der Waals surface area contributed by atoms with Gasteiger partial charge in [0.1, 0.15) is 5.82 Å². The highest BCUT2D eigenvalue weighted by Crippen LogP contribution is 2.30. The van der Waals surface area contributed by atoms with E-state index in [1.807, 2.05) is 19.1 Å². The van der Waals surface area contributed by atoms with Crippen LogP contribution in [0.1, 0.15) is 43.7 Å². The van der Waals surface area contributed by atoms with Crippen molar-refractivity contribution in [3.8, 4) is 0 Å². The van der Waals surface area contributed by atoms with Gasteiger partial charge in [-0.05, 0) is 45.2 Å². The molecule has 2 unspecified atom stereocenters. The number of rotatable bonds is 4. The average molecular weight is 276 g/mol. The third kappa shape index (κ3) is 2.89. The van der Waals surface area contributed by atoms with E-state index < -0.39 is 0 Å². The molecule has 110 valence electrons. The first-order chi connectivity index (χ1) is 9.65. The van der Waals surface area contributed by atoms with Gasteiger partial charge in [0.15, 0.2) is 0 Å². The van der Waals surface area contributed by atoms with Gasteiger partial charge in [0.25, 0.3) is 0 Å². The first kappa shape index (κ1) is 14.0. The second-order valence-corrected chi connectivity index (χ2v) is 6.42. The Balaban J connectivity index is 1.72. The van der Waals surface area contributed by atoms with Gasteiger partial charge < -0.3 is 5.32 Å². The maximum absolute atomic E-state index is 14.0. The average Bonchev–Trinajstić information content (AvgIpc) is 2.78. The van der Waals surface area contributed by atoms with Crippen LogP contribution in [0.4, 0.5) is 4.39 Å². The summed E-state index contributed by atoms with van der Waals surface area (Å²) >= 11 is 0. The lowest BCUT2D eigenvalue weighted by atomic mass is 9.97. The van der Waals surface area contributed by atoms with E-state index in [0.29, 0.717) is 18.1 Å². The van der Waals surface area contributed by atoms with Crippen LogP contribution >= 0.6 is 0 Å². The number of halogens is 1. The zero-order valence-electron chi connectivity index (χ0n) is 12.5. The third-order valence-electron chi connectivity index (χ3n) is 4.95. The largest absolute Gasteiger partial charge is 0.311 e. The van der Waals surface area contributed by atoms with Crippen LogP contribution in [0.3, 0.4) is 0 Å². The summed E-state index contributed by atoms with van der Waals surface area (Å²) in [5, 5.41) is 3.68. The molecular formula is C17H25FN2. The lowest BCUT2D eigenvalue weighted by molar-refractivity contribution is 0.139. The summed E-state index contributed by atoms with van der Waals surface area (Å²) in [4.78, 5) is 2.46. The van der Waals surface area contributed by atoms with Crippen LogP contribution < -0.4 is 5.32 Å². The van der Waals surface area contributed by atoms with E-state index in [2.05, 4.69) is 17.1 Å². The molecule has 0 aromatic heterocycles. The van der Waals surface area contributed by atoms with Gasteiger partial charge in [0.05, 0.1) is 0 Å². The van der Waals surface area contributed by atoms with Gasteiger partial charge in [-0.3, -0.25) is 4.90 Å². The van der Waals surface area contributed by atoms with Crippen molar-refractivity contribution >= 4 is 0 Å². The van der Waals surface area contributed by atoms with Crippen LogP contribution in [0.2, 0.25) is 0 Å². The van der Waals surface area contributed by atoms with Crippen molar-refractivity contribution in [1.82, 2.24) is 10.2 Å². The summed E-state index contributed by atoms with van der Waals surface area (Å²) in [7, 11) is 0. The summed E-state index contributed by atoms with van der Waals surface area (Å²) in [5.41, 5.74) is 1.99. The van der Waals surface area contributed by atoms with Crippen LogP contribution in [0.25, 0.3) is 0 Å². The molecule has 0 spiro atoms. The smallest absolute Gasteiger partial charge is 0.127 e. The number of nitrogens with one attached hydrogen (secondary N) is 1. The Morgan fingerprint density at radius 1 is 1.25 bits per heavy atom. The second-order valence-electron chi connectivity index (χ2n) is 6.42. The first-order valence-electron chi connectivity index (χ1n) is 7.91. The molecule has 2 bridgehead atoms. The van der Waals surface area contributed by atoms with Crippen molar-refractivity contribution in [2.45, 2.75) is 64.2 Å². The molecule has 0 saturated carbocycles. The van der Waals surface area contributed by atoms with Gasteiger partial charge in [-0.15, -0.1) is 0 Å². The highest BCUT2D eigenvalue weighted by molar-refractivity contribution is 5.24. The van der Waals surface area contributed by atoms with Gasteiger partial charge in [-0.1, -0.05) is 24.6 Å². The molecular weight excluding hydrogens is 251 g/mol. The monoisotopic (exact) mass is 276 g/mol. The molecule has 2 saturated heterocycles. The molecule has 2 fully saturated rings. The minimum Gasteiger partial charge on any atom is -0.311 e. The topological polar surface area (TPSA) is 15.3 Å². The zero-order valence-corrected chi connectivity index (χ0v) is 12.5. The molecule has 1 aromatic carbocycles. The fourth-order valence-electron chi connectivity index (χ4n) is 3.87. The summed E-state index contributed by atoms with van der Waals surface area (Å²) in [6.07, 6.45) is 5.07. The van der Waals surface area contributed by atoms with Crippen molar-refractivity contribution in [2.75, 3.05) is 6.54 Å². The highest BCUT2D eigenvalue weighted by atomic mass is 19.1. The van der Waals surface area contributed by atoms with Gasteiger partial charge in [-0.25, -0.2) is 4.39 Å². The van der Waals surface area contributed by atoms with Crippen LogP contribution in [0, 0.1) is 12.7 Å².